The maximum atomic E-state index is 13.8. The van der Waals surface area contributed by atoms with Crippen molar-refractivity contribution in [3.8, 4) is 0 Å². The Balaban J connectivity index is 2.10. The van der Waals surface area contributed by atoms with Crippen LogP contribution in [0.15, 0.2) is 12.1 Å². The molecular weight excluding hydrogens is 230 g/mol. The van der Waals surface area contributed by atoms with Crippen LogP contribution in [0.4, 0.5) is 14.5 Å². The highest BCUT2D eigenvalue weighted by Gasteiger charge is 2.17. The van der Waals surface area contributed by atoms with E-state index in [1.54, 1.807) is 0 Å². The highest BCUT2D eigenvalue weighted by molar-refractivity contribution is 7.98. The molecule has 0 radical (unpaired) electrons. The Bertz CT molecular complexity index is 380. The minimum atomic E-state index is -0.539. The smallest absolute Gasteiger partial charge is 0.153 e. The van der Waals surface area contributed by atoms with Crippen LogP contribution in [-0.2, 0) is 6.42 Å². The molecule has 16 heavy (non-hydrogen) atoms. The van der Waals surface area contributed by atoms with Gasteiger partial charge in [0.05, 0.1) is 0 Å². The van der Waals surface area contributed by atoms with E-state index < -0.39 is 11.6 Å². The topological polar surface area (TPSA) is 15.3 Å². The lowest BCUT2D eigenvalue weighted by molar-refractivity contribution is 0.345. The number of hydrogen-bond donors (Lipinski definition) is 1. The van der Waals surface area contributed by atoms with E-state index in [9.17, 15) is 8.78 Å². The largest absolute Gasteiger partial charge is 0.312 e. The summed E-state index contributed by atoms with van der Waals surface area (Å²) in [4.78, 5) is 0. The van der Waals surface area contributed by atoms with Crippen molar-refractivity contribution >= 4 is 17.8 Å². The van der Waals surface area contributed by atoms with Gasteiger partial charge in [0.2, 0.25) is 0 Å². The third-order valence-corrected chi connectivity index (χ3v) is 3.56. The summed E-state index contributed by atoms with van der Waals surface area (Å²) in [6.07, 6.45) is 1.71. The lowest BCUT2D eigenvalue weighted by Gasteiger charge is -2.29. The third kappa shape index (κ3) is 2.30. The summed E-state index contributed by atoms with van der Waals surface area (Å²) in [5.74, 6) is -1.02. The fraction of sp³-hybridized carbons (Fsp3) is 0.455. The molecule has 0 aromatic heterocycles. The molecule has 0 amide bonds. The maximum Gasteiger partial charge on any atom is 0.153 e. The van der Waals surface area contributed by atoms with Crippen LogP contribution in [0.5, 0.6) is 0 Å². The van der Waals surface area contributed by atoms with Gasteiger partial charge < -0.3 is 4.72 Å². The summed E-state index contributed by atoms with van der Waals surface area (Å²) in [5, 5.41) is 0. The monoisotopic (exact) mass is 244 g/mol. The summed E-state index contributed by atoms with van der Waals surface area (Å²) >= 11 is 1.27. The number of rotatable bonds is 4. The lowest BCUT2D eigenvalue weighted by atomic mass is 10.1. The Morgan fingerprint density at radius 1 is 1.38 bits per heavy atom. The van der Waals surface area contributed by atoms with Gasteiger partial charge in [-0.05, 0) is 24.5 Å². The molecule has 1 aliphatic rings. The summed E-state index contributed by atoms with van der Waals surface area (Å²) in [6.45, 7) is 3.78. The van der Waals surface area contributed by atoms with Gasteiger partial charge in [0, 0.05) is 25.2 Å². The summed E-state index contributed by atoms with van der Waals surface area (Å²) in [7, 11) is 0. The maximum absolute atomic E-state index is 13.8. The van der Waals surface area contributed by atoms with Gasteiger partial charge in [-0.3, -0.25) is 0 Å². The molecule has 1 aliphatic heterocycles. The SMILES string of the molecule is CCc1ccc(F)c(NSN2CCC2)c1F. The van der Waals surface area contributed by atoms with Crippen LogP contribution in [0.3, 0.4) is 0 Å². The first kappa shape index (κ1) is 11.7. The number of nitrogens with one attached hydrogen (secondary N) is 1. The second-order valence-electron chi connectivity index (χ2n) is 3.72. The molecule has 1 heterocycles. The van der Waals surface area contributed by atoms with Gasteiger partial charge in [0.15, 0.2) is 5.82 Å². The van der Waals surface area contributed by atoms with E-state index in [4.69, 9.17) is 0 Å². The van der Waals surface area contributed by atoms with Crippen molar-refractivity contribution in [1.82, 2.24) is 4.31 Å². The van der Waals surface area contributed by atoms with Crippen molar-refractivity contribution in [3.05, 3.63) is 29.3 Å². The first-order valence-electron chi connectivity index (χ1n) is 5.37. The number of hydrogen-bond acceptors (Lipinski definition) is 3. The molecule has 0 bridgehead atoms. The fourth-order valence-electron chi connectivity index (χ4n) is 1.45. The second-order valence-corrected chi connectivity index (χ2v) is 4.63. The van der Waals surface area contributed by atoms with E-state index in [0.717, 1.165) is 19.5 Å². The lowest BCUT2D eigenvalue weighted by Crippen LogP contribution is -2.32. The average molecular weight is 244 g/mol. The van der Waals surface area contributed by atoms with Crippen LogP contribution in [0.2, 0.25) is 0 Å². The zero-order valence-electron chi connectivity index (χ0n) is 9.09. The van der Waals surface area contributed by atoms with Crippen LogP contribution in [-0.4, -0.2) is 17.4 Å². The van der Waals surface area contributed by atoms with Crippen LogP contribution in [0.1, 0.15) is 18.9 Å². The highest BCUT2D eigenvalue weighted by atomic mass is 32.2. The molecule has 0 saturated carbocycles. The Labute approximate surface area is 98.3 Å². The van der Waals surface area contributed by atoms with Crippen molar-refractivity contribution in [3.63, 3.8) is 0 Å². The van der Waals surface area contributed by atoms with Crippen LogP contribution in [0, 0.1) is 11.6 Å². The number of halogens is 2. The van der Waals surface area contributed by atoms with Crippen molar-refractivity contribution < 1.29 is 8.78 Å². The van der Waals surface area contributed by atoms with Gasteiger partial charge in [-0.25, -0.2) is 13.1 Å². The van der Waals surface area contributed by atoms with E-state index in [-0.39, 0.29) is 5.69 Å². The van der Waals surface area contributed by atoms with E-state index in [0.29, 0.717) is 12.0 Å². The summed E-state index contributed by atoms with van der Waals surface area (Å²) in [5.41, 5.74) is 0.504. The first-order chi connectivity index (χ1) is 7.72. The minimum absolute atomic E-state index is 0.0313. The molecule has 0 unspecified atom stereocenters. The van der Waals surface area contributed by atoms with Gasteiger partial charge >= 0.3 is 0 Å². The van der Waals surface area contributed by atoms with Gasteiger partial charge in [-0.2, -0.15) is 0 Å². The van der Waals surface area contributed by atoms with Crippen molar-refractivity contribution in [2.45, 2.75) is 19.8 Å². The predicted molar refractivity (Wildman–Crippen MR) is 63.1 cm³/mol. The Kier molecular flexibility index (Phi) is 3.66. The number of nitrogens with zero attached hydrogens (tertiary/aromatic N) is 1. The average Bonchev–Trinajstić information content (AvgIpc) is 2.20. The molecule has 1 aromatic rings. The van der Waals surface area contributed by atoms with Crippen molar-refractivity contribution in [2.24, 2.45) is 0 Å². The fourth-order valence-corrected chi connectivity index (χ4v) is 2.30. The van der Waals surface area contributed by atoms with Crippen molar-refractivity contribution in [2.75, 3.05) is 17.8 Å². The highest BCUT2D eigenvalue weighted by Crippen LogP contribution is 2.27. The standard InChI is InChI=1S/C11H14F2N2S/c1-2-8-4-5-9(12)11(10(8)13)14-16-15-6-3-7-15/h4-5,14H,2-3,6-7H2,1H3. The number of anilines is 1. The normalized spacial score (nSPS) is 15.9. The van der Waals surface area contributed by atoms with Crippen LogP contribution in [0.25, 0.3) is 0 Å². The minimum Gasteiger partial charge on any atom is -0.312 e. The first-order valence-corrected chi connectivity index (χ1v) is 6.14. The van der Waals surface area contributed by atoms with Crippen LogP contribution >= 0.6 is 12.1 Å². The van der Waals surface area contributed by atoms with E-state index in [2.05, 4.69) is 4.72 Å². The Hall–Kier alpha value is -0.810. The Morgan fingerprint density at radius 3 is 2.69 bits per heavy atom. The van der Waals surface area contributed by atoms with E-state index >= 15 is 0 Å². The molecule has 1 aromatic carbocycles. The van der Waals surface area contributed by atoms with E-state index in [1.165, 1.54) is 24.3 Å². The predicted octanol–water partition coefficient (Wildman–Crippen LogP) is 3.21. The zero-order valence-corrected chi connectivity index (χ0v) is 9.91. The molecule has 0 aliphatic carbocycles. The molecule has 0 atom stereocenters. The summed E-state index contributed by atoms with van der Waals surface area (Å²) in [6, 6.07) is 2.80. The van der Waals surface area contributed by atoms with Gasteiger partial charge in [0.1, 0.15) is 11.5 Å². The molecular formula is C11H14F2N2S. The quantitative estimate of drug-likeness (QED) is 0.819. The zero-order chi connectivity index (χ0) is 11.5. The molecule has 2 nitrogen and oxygen atoms in total. The molecule has 2 rings (SSSR count). The van der Waals surface area contributed by atoms with Gasteiger partial charge in [-0.1, -0.05) is 13.0 Å². The molecule has 1 fully saturated rings. The van der Waals surface area contributed by atoms with Gasteiger partial charge in [0.25, 0.3) is 0 Å². The molecule has 5 heteroatoms. The van der Waals surface area contributed by atoms with Crippen LogP contribution < -0.4 is 4.72 Å². The van der Waals surface area contributed by atoms with Gasteiger partial charge in [-0.15, -0.1) is 0 Å². The second kappa shape index (κ2) is 5.01. The van der Waals surface area contributed by atoms with Crippen molar-refractivity contribution in [1.29, 1.82) is 0 Å². The number of aryl methyl sites for hydroxylation is 1. The van der Waals surface area contributed by atoms with E-state index in [1.807, 2.05) is 11.2 Å². The molecule has 0 spiro atoms. The number of benzene rings is 1. The molecule has 1 saturated heterocycles. The summed E-state index contributed by atoms with van der Waals surface area (Å²) < 4.78 is 32.0. The molecule has 1 N–H and O–H groups in total. The Morgan fingerprint density at radius 2 is 2.12 bits per heavy atom. The third-order valence-electron chi connectivity index (χ3n) is 2.64. The molecule has 88 valence electrons.